The number of carbonyl (C=O) groups is 2. The molecule has 7 nitrogen and oxygen atoms in total. The molecule has 2 amide bonds. The van der Waals surface area contributed by atoms with Crippen molar-refractivity contribution in [2.24, 2.45) is 11.8 Å². The molecule has 2 aliphatic heterocycles. The fourth-order valence-electron chi connectivity index (χ4n) is 6.04. The number of fused-ring (bicyclic) bond motifs is 2. The molecule has 0 bridgehead atoms. The van der Waals surface area contributed by atoms with E-state index in [0.29, 0.717) is 39.0 Å². The number of sulfonamides is 1. The van der Waals surface area contributed by atoms with E-state index in [1.54, 1.807) is 30.3 Å². The number of carbonyl (C=O) groups excluding carboxylic acids is 2. The molecule has 1 saturated heterocycles. The van der Waals surface area contributed by atoms with Crippen molar-refractivity contribution in [1.29, 1.82) is 0 Å². The monoisotopic (exact) mass is 509 g/mol. The molecule has 2 aromatic rings. The molecular formula is C28H35N3O4S. The van der Waals surface area contributed by atoms with Crippen LogP contribution in [0.15, 0.2) is 59.5 Å². The van der Waals surface area contributed by atoms with E-state index >= 15 is 0 Å². The lowest BCUT2D eigenvalue weighted by atomic mass is 9.97. The number of rotatable bonds is 3. The molecule has 3 atom stereocenters. The normalized spacial score (nSPS) is 25.8. The lowest BCUT2D eigenvalue weighted by Gasteiger charge is -2.32. The summed E-state index contributed by atoms with van der Waals surface area (Å²) in [5.41, 5.74) is 2.44. The molecule has 0 radical (unpaired) electrons. The number of nitrogens with zero attached hydrogens (tertiary/aromatic N) is 2. The van der Waals surface area contributed by atoms with E-state index in [9.17, 15) is 18.0 Å². The molecule has 3 aliphatic rings. The van der Waals surface area contributed by atoms with Gasteiger partial charge in [-0.15, -0.1) is 0 Å². The van der Waals surface area contributed by atoms with Crippen LogP contribution in [0.1, 0.15) is 49.7 Å². The average molecular weight is 510 g/mol. The summed E-state index contributed by atoms with van der Waals surface area (Å²) in [6, 6.07) is 16.1. The Kier molecular flexibility index (Phi) is 7.44. The molecule has 1 aliphatic carbocycles. The van der Waals surface area contributed by atoms with Gasteiger partial charge in [0.05, 0.1) is 10.8 Å². The maximum atomic E-state index is 13.8. The van der Waals surface area contributed by atoms with Gasteiger partial charge in [-0.25, -0.2) is 8.42 Å². The van der Waals surface area contributed by atoms with Gasteiger partial charge in [-0.1, -0.05) is 55.3 Å². The zero-order valence-electron chi connectivity index (χ0n) is 20.6. The van der Waals surface area contributed by atoms with Crippen LogP contribution in [0.2, 0.25) is 0 Å². The van der Waals surface area contributed by atoms with Gasteiger partial charge in [-0.2, -0.15) is 4.31 Å². The van der Waals surface area contributed by atoms with Crippen molar-refractivity contribution in [2.75, 3.05) is 19.6 Å². The van der Waals surface area contributed by atoms with Crippen LogP contribution in [0.25, 0.3) is 0 Å². The summed E-state index contributed by atoms with van der Waals surface area (Å²) in [4.78, 5) is 29.1. The number of hydrogen-bond donors (Lipinski definition) is 1. The van der Waals surface area contributed by atoms with Crippen molar-refractivity contribution in [3.63, 3.8) is 0 Å². The lowest BCUT2D eigenvalue weighted by molar-refractivity contribution is -0.136. The fourth-order valence-corrected chi connectivity index (χ4v) is 7.77. The highest BCUT2D eigenvalue weighted by atomic mass is 32.2. The summed E-state index contributed by atoms with van der Waals surface area (Å²) in [7, 11) is -3.80. The first-order valence-corrected chi connectivity index (χ1v) is 14.6. The van der Waals surface area contributed by atoms with Crippen LogP contribution in [0, 0.1) is 11.8 Å². The summed E-state index contributed by atoms with van der Waals surface area (Å²) >= 11 is 0. The molecule has 0 aromatic heterocycles. The van der Waals surface area contributed by atoms with Crippen molar-refractivity contribution in [3.8, 4) is 0 Å². The standard InChI is InChI=1S/C28H35N3O4S/c32-27-25-18-23(28(33)30-17-14-21-10-6-7-11-22(21)20-30)19-26(25)31(16-9-2-1-8-15-29-27)36(34,35)24-12-4-3-5-13-24/h3-7,10-13,23,25-26H,1-2,8-9,14-20H2,(H,29,32). The first-order chi connectivity index (χ1) is 17.4. The summed E-state index contributed by atoms with van der Waals surface area (Å²) in [6.07, 6.45) is 5.05. The van der Waals surface area contributed by atoms with Crippen LogP contribution in [-0.4, -0.2) is 55.1 Å². The number of hydrogen-bond acceptors (Lipinski definition) is 4. The minimum atomic E-state index is -3.80. The van der Waals surface area contributed by atoms with Crippen LogP contribution in [-0.2, 0) is 32.6 Å². The van der Waals surface area contributed by atoms with E-state index < -0.39 is 22.0 Å². The second-order valence-electron chi connectivity index (χ2n) is 10.3. The Morgan fingerprint density at radius 3 is 2.39 bits per heavy atom. The minimum absolute atomic E-state index is 0.0361. The number of amides is 2. The number of benzene rings is 2. The van der Waals surface area contributed by atoms with Gasteiger partial charge in [0.2, 0.25) is 21.8 Å². The van der Waals surface area contributed by atoms with E-state index in [-0.39, 0.29) is 22.6 Å². The largest absolute Gasteiger partial charge is 0.356 e. The molecule has 36 heavy (non-hydrogen) atoms. The second-order valence-corrected chi connectivity index (χ2v) is 12.1. The van der Waals surface area contributed by atoms with Crippen molar-refractivity contribution < 1.29 is 18.0 Å². The first kappa shape index (κ1) is 25.0. The van der Waals surface area contributed by atoms with Crippen LogP contribution >= 0.6 is 0 Å². The Morgan fingerprint density at radius 1 is 0.861 bits per heavy atom. The Bertz CT molecular complexity index is 1200. The minimum Gasteiger partial charge on any atom is -0.356 e. The molecular weight excluding hydrogens is 474 g/mol. The van der Waals surface area contributed by atoms with E-state index in [1.807, 2.05) is 17.0 Å². The van der Waals surface area contributed by atoms with Crippen LogP contribution in [0.5, 0.6) is 0 Å². The molecule has 192 valence electrons. The molecule has 2 fully saturated rings. The Labute approximate surface area is 213 Å². The fraction of sp³-hybridized carbons (Fsp3) is 0.500. The highest BCUT2D eigenvalue weighted by Gasteiger charge is 2.48. The second kappa shape index (κ2) is 10.7. The van der Waals surface area contributed by atoms with Crippen molar-refractivity contribution in [1.82, 2.24) is 14.5 Å². The van der Waals surface area contributed by atoms with Gasteiger partial charge in [-0.05, 0) is 55.4 Å². The molecule has 2 heterocycles. The molecule has 1 saturated carbocycles. The zero-order chi connectivity index (χ0) is 25.1. The number of nitrogens with one attached hydrogen (secondary N) is 1. The molecule has 2 aromatic carbocycles. The third-order valence-corrected chi connectivity index (χ3v) is 9.92. The van der Waals surface area contributed by atoms with Crippen molar-refractivity contribution >= 4 is 21.8 Å². The van der Waals surface area contributed by atoms with Gasteiger partial charge < -0.3 is 10.2 Å². The SMILES string of the molecule is O=C1NCCCCCCN(S(=O)(=O)c2ccccc2)C2CC(C(=O)N3CCc4ccccc4C3)CC12. The summed E-state index contributed by atoms with van der Waals surface area (Å²) in [6.45, 7) is 2.18. The van der Waals surface area contributed by atoms with E-state index in [0.717, 1.165) is 37.7 Å². The Hall–Kier alpha value is -2.71. The lowest BCUT2D eigenvalue weighted by Crippen LogP contribution is -2.47. The summed E-state index contributed by atoms with van der Waals surface area (Å²) < 4.78 is 29.1. The van der Waals surface area contributed by atoms with Gasteiger partial charge in [0, 0.05) is 38.1 Å². The van der Waals surface area contributed by atoms with Gasteiger partial charge in [0.1, 0.15) is 0 Å². The maximum Gasteiger partial charge on any atom is 0.243 e. The van der Waals surface area contributed by atoms with E-state index in [2.05, 4.69) is 17.4 Å². The van der Waals surface area contributed by atoms with Gasteiger partial charge in [-0.3, -0.25) is 9.59 Å². The van der Waals surface area contributed by atoms with Crippen molar-refractivity contribution in [3.05, 3.63) is 65.7 Å². The van der Waals surface area contributed by atoms with E-state index in [4.69, 9.17) is 0 Å². The smallest absolute Gasteiger partial charge is 0.243 e. The third kappa shape index (κ3) is 5.06. The highest BCUT2D eigenvalue weighted by Crippen LogP contribution is 2.39. The Balaban J connectivity index is 1.43. The van der Waals surface area contributed by atoms with E-state index in [1.165, 1.54) is 9.87 Å². The summed E-state index contributed by atoms with van der Waals surface area (Å²) in [5, 5.41) is 3.03. The maximum absolute atomic E-state index is 13.8. The average Bonchev–Trinajstić information content (AvgIpc) is 3.33. The molecule has 8 heteroatoms. The van der Waals surface area contributed by atoms with Crippen molar-refractivity contribution in [2.45, 2.75) is 62.4 Å². The quantitative estimate of drug-likeness (QED) is 0.688. The van der Waals surface area contributed by atoms with Gasteiger partial charge >= 0.3 is 0 Å². The molecule has 3 unspecified atom stereocenters. The van der Waals surface area contributed by atoms with Crippen LogP contribution in [0.3, 0.4) is 0 Å². The summed E-state index contributed by atoms with van der Waals surface area (Å²) in [5.74, 6) is -0.997. The topological polar surface area (TPSA) is 86.8 Å². The van der Waals surface area contributed by atoms with Crippen LogP contribution in [0.4, 0.5) is 0 Å². The first-order valence-electron chi connectivity index (χ1n) is 13.2. The molecule has 5 rings (SSSR count). The molecule has 1 N–H and O–H groups in total. The Morgan fingerprint density at radius 2 is 1.58 bits per heavy atom. The van der Waals surface area contributed by atoms with Gasteiger partial charge in [0.15, 0.2) is 0 Å². The highest BCUT2D eigenvalue weighted by molar-refractivity contribution is 7.89. The molecule has 0 spiro atoms. The predicted molar refractivity (Wildman–Crippen MR) is 137 cm³/mol. The predicted octanol–water partition coefficient (Wildman–Crippen LogP) is 3.35. The van der Waals surface area contributed by atoms with Gasteiger partial charge in [0.25, 0.3) is 0 Å². The zero-order valence-corrected chi connectivity index (χ0v) is 21.5. The van der Waals surface area contributed by atoms with Crippen LogP contribution < -0.4 is 5.32 Å². The third-order valence-electron chi connectivity index (χ3n) is 7.98.